The molecule has 3 rings (SSSR count). The Morgan fingerprint density at radius 2 is 2.30 bits per heavy atom. The number of rotatable bonds is 6. The molecule has 1 aromatic heterocycles. The molecule has 2 aromatic rings. The number of hydrogen-bond donors (Lipinski definition) is 3. The highest BCUT2D eigenvalue weighted by atomic mass is 15.2. The first-order valence-electron chi connectivity index (χ1n) is 7.33. The van der Waals surface area contributed by atoms with Gasteiger partial charge in [-0.25, -0.2) is 4.98 Å². The zero-order valence-electron chi connectivity index (χ0n) is 11.7. The second-order valence-corrected chi connectivity index (χ2v) is 5.19. The van der Waals surface area contributed by atoms with Crippen LogP contribution in [0.2, 0.25) is 0 Å². The smallest absolute Gasteiger partial charge is 0.137 e. The molecule has 20 heavy (non-hydrogen) atoms. The van der Waals surface area contributed by atoms with Gasteiger partial charge in [-0.3, -0.25) is 5.10 Å². The molecule has 5 nitrogen and oxygen atoms in total. The van der Waals surface area contributed by atoms with Crippen LogP contribution >= 0.6 is 0 Å². The lowest BCUT2D eigenvalue weighted by Crippen LogP contribution is -2.19. The lowest BCUT2D eigenvalue weighted by molar-refractivity contribution is 0.638. The Kier molecular flexibility index (Phi) is 4.28. The number of nitrogens with zero attached hydrogens (tertiary/aromatic N) is 2. The predicted molar refractivity (Wildman–Crippen MR) is 79.7 cm³/mol. The summed E-state index contributed by atoms with van der Waals surface area (Å²) in [6.07, 6.45) is 6.00. The molecule has 0 saturated heterocycles. The van der Waals surface area contributed by atoms with Crippen molar-refractivity contribution >= 4 is 5.69 Å². The summed E-state index contributed by atoms with van der Waals surface area (Å²) >= 11 is 0. The third-order valence-corrected chi connectivity index (χ3v) is 3.71. The molecule has 0 saturated carbocycles. The lowest BCUT2D eigenvalue weighted by Gasteiger charge is -2.21. The minimum absolute atomic E-state index is 0.923. The maximum Gasteiger partial charge on any atom is 0.137 e. The van der Waals surface area contributed by atoms with Gasteiger partial charge in [-0.2, -0.15) is 5.10 Å². The number of fused-ring (bicyclic) bond motifs is 1. The largest absolute Gasteiger partial charge is 0.385 e. The molecular formula is C15H21N5. The Balaban J connectivity index is 1.46. The van der Waals surface area contributed by atoms with Crippen molar-refractivity contribution in [3.05, 3.63) is 41.5 Å². The molecule has 1 aliphatic heterocycles. The van der Waals surface area contributed by atoms with Crippen molar-refractivity contribution in [2.45, 2.75) is 32.2 Å². The van der Waals surface area contributed by atoms with Crippen LogP contribution in [0.3, 0.4) is 0 Å². The van der Waals surface area contributed by atoms with Gasteiger partial charge in [-0.05, 0) is 36.9 Å². The number of hydrogen-bond acceptors (Lipinski definition) is 4. The van der Waals surface area contributed by atoms with Gasteiger partial charge in [0.05, 0.1) is 0 Å². The summed E-state index contributed by atoms with van der Waals surface area (Å²) in [5.41, 5.74) is 4.18. The first-order valence-corrected chi connectivity index (χ1v) is 7.33. The van der Waals surface area contributed by atoms with E-state index in [0.29, 0.717) is 0 Å². The van der Waals surface area contributed by atoms with Crippen LogP contribution in [0.4, 0.5) is 5.69 Å². The van der Waals surface area contributed by atoms with E-state index in [9.17, 15) is 0 Å². The van der Waals surface area contributed by atoms with Gasteiger partial charge in [-0.15, -0.1) is 0 Å². The summed E-state index contributed by atoms with van der Waals surface area (Å²) < 4.78 is 0. The molecule has 0 atom stereocenters. The van der Waals surface area contributed by atoms with Gasteiger partial charge in [0, 0.05) is 25.2 Å². The number of nitrogens with one attached hydrogen (secondary N) is 3. The van der Waals surface area contributed by atoms with Crippen LogP contribution in [0.25, 0.3) is 0 Å². The number of aryl methyl sites for hydroxylation is 2. The van der Waals surface area contributed by atoms with Gasteiger partial charge in [0.1, 0.15) is 12.2 Å². The van der Waals surface area contributed by atoms with E-state index in [2.05, 4.69) is 44.0 Å². The molecule has 106 valence electrons. The minimum Gasteiger partial charge on any atom is -0.385 e. The SMILES string of the molecule is c1cc2c(c(CNCCCc3ncn[nH]3)c1)NCCC2. The fraction of sp³-hybridized carbons (Fsp3) is 0.467. The van der Waals surface area contributed by atoms with Crippen molar-refractivity contribution in [2.75, 3.05) is 18.4 Å². The predicted octanol–water partition coefficient (Wildman–Crippen LogP) is 1.89. The van der Waals surface area contributed by atoms with Gasteiger partial charge < -0.3 is 10.6 Å². The Labute approximate surface area is 119 Å². The van der Waals surface area contributed by atoms with E-state index in [1.165, 1.54) is 29.7 Å². The normalized spacial score (nSPS) is 13.8. The second kappa shape index (κ2) is 6.52. The zero-order valence-corrected chi connectivity index (χ0v) is 11.7. The van der Waals surface area contributed by atoms with E-state index >= 15 is 0 Å². The Morgan fingerprint density at radius 3 is 3.20 bits per heavy atom. The van der Waals surface area contributed by atoms with E-state index in [1.807, 2.05) is 0 Å². The Hall–Kier alpha value is -1.88. The van der Waals surface area contributed by atoms with Crippen LogP contribution < -0.4 is 10.6 Å². The number of anilines is 1. The van der Waals surface area contributed by atoms with Crippen molar-refractivity contribution in [3.63, 3.8) is 0 Å². The van der Waals surface area contributed by atoms with E-state index in [-0.39, 0.29) is 0 Å². The molecule has 5 heteroatoms. The topological polar surface area (TPSA) is 65.6 Å². The van der Waals surface area contributed by atoms with Crippen molar-refractivity contribution in [1.29, 1.82) is 0 Å². The van der Waals surface area contributed by atoms with E-state index < -0.39 is 0 Å². The highest BCUT2D eigenvalue weighted by molar-refractivity contribution is 5.59. The molecule has 0 bridgehead atoms. The summed E-state index contributed by atoms with van der Waals surface area (Å²) in [5, 5.41) is 13.8. The van der Waals surface area contributed by atoms with Gasteiger partial charge in [0.15, 0.2) is 0 Å². The highest BCUT2D eigenvalue weighted by Gasteiger charge is 2.11. The first-order chi connectivity index (χ1) is 9.93. The van der Waals surface area contributed by atoms with Crippen molar-refractivity contribution in [3.8, 4) is 0 Å². The summed E-state index contributed by atoms with van der Waals surface area (Å²) in [5.74, 6) is 0.963. The maximum atomic E-state index is 4.13. The first kappa shape index (κ1) is 13.1. The van der Waals surface area contributed by atoms with Crippen LogP contribution in [-0.4, -0.2) is 28.3 Å². The summed E-state index contributed by atoms with van der Waals surface area (Å²) in [6.45, 7) is 3.01. The molecule has 0 amide bonds. The quantitative estimate of drug-likeness (QED) is 0.702. The molecule has 3 N–H and O–H groups in total. The number of benzene rings is 1. The van der Waals surface area contributed by atoms with Crippen molar-refractivity contribution < 1.29 is 0 Å². The molecule has 0 unspecified atom stereocenters. The molecule has 0 fully saturated rings. The maximum absolute atomic E-state index is 4.13. The van der Waals surface area contributed by atoms with Crippen molar-refractivity contribution in [1.82, 2.24) is 20.5 Å². The van der Waals surface area contributed by atoms with E-state index in [0.717, 1.165) is 38.3 Å². The van der Waals surface area contributed by atoms with Crippen LogP contribution in [0.1, 0.15) is 29.8 Å². The van der Waals surface area contributed by atoms with Crippen LogP contribution in [0.5, 0.6) is 0 Å². The van der Waals surface area contributed by atoms with Crippen LogP contribution in [0, 0.1) is 0 Å². The molecule has 1 aliphatic rings. The number of H-pyrrole nitrogens is 1. The minimum atomic E-state index is 0.923. The lowest BCUT2D eigenvalue weighted by atomic mass is 9.99. The van der Waals surface area contributed by atoms with E-state index in [1.54, 1.807) is 6.33 Å². The Morgan fingerprint density at radius 1 is 1.30 bits per heavy atom. The zero-order chi connectivity index (χ0) is 13.6. The third kappa shape index (κ3) is 3.17. The molecule has 2 heterocycles. The van der Waals surface area contributed by atoms with Crippen LogP contribution in [0.15, 0.2) is 24.5 Å². The van der Waals surface area contributed by atoms with Gasteiger partial charge in [0.2, 0.25) is 0 Å². The van der Waals surface area contributed by atoms with Crippen LogP contribution in [-0.2, 0) is 19.4 Å². The average molecular weight is 271 g/mol. The summed E-state index contributed by atoms with van der Waals surface area (Å²) in [6, 6.07) is 6.60. The van der Waals surface area contributed by atoms with Gasteiger partial charge in [0.25, 0.3) is 0 Å². The third-order valence-electron chi connectivity index (χ3n) is 3.71. The molecular weight excluding hydrogens is 250 g/mol. The number of para-hydroxylation sites is 1. The molecule has 0 aliphatic carbocycles. The van der Waals surface area contributed by atoms with Gasteiger partial charge >= 0.3 is 0 Å². The average Bonchev–Trinajstić information content (AvgIpc) is 3.00. The molecule has 0 radical (unpaired) electrons. The fourth-order valence-electron chi connectivity index (χ4n) is 2.68. The monoisotopic (exact) mass is 271 g/mol. The van der Waals surface area contributed by atoms with Crippen molar-refractivity contribution in [2.24, 2.45) is 0 Å². The summed E-state index contributed by atoms with van der Waals surface area (Å²) in [7, 11) is 0. The summed E-state index contributed by atoms with van der Waals surface area (Å²) in [4.78, 5) is 4.13. The number of aromatic amines is 1. The Bertz CT molecular complexity index is 535. The standard InChI is InChI=1S/C15H21N5/c1-4-12-6-2-9-17-15(12)13(5-1)10-16-8-3-7-14-18-11-19-20-14/h1,4-5,11,16-17H,2-3,6-10H2,(H,18,19,20). The highest BCUT2D eigenvalue weighted by Crippen LogP contribution is 2.25. The molecule has 0 spiro atoms. The fourth-order valence-corrected chi connectivity index (χ4v) is 2.68. The van der Waals surface area contributed by atoms with E-state index in [4.69, 9.17) is 0 Å². The second-order valence-electron chi connectivity index (χ2n) is 5.19. The number of aromatic nitrogens is 3. The molecule has 1 aromatic carbocycles. The van der Waals surface area contributed by atoms with Gasteiger partial charge in [-0.1, -0.05) is 18.2 Å².